The summed E-state index contributed by atoms with van der Waals surface area (Å²) < 4.78 is 5.91. The first-order valence-electron chi connectivity index (χ1n) is 11.0. The van der Waals surface area contributed by atoms with E-state index in [1.807, 2.05) is 12.1 Å². The van der Waals surface area contributed by atoms with Crippen LogP contribution < -0.4 is 4.74 Å². The van der Waals surface area contributed by atoms with Crippen molar-refractivity contribution in [2.75, 3.05) is 0 Å². The van der Waals surface area contributed by atoms with Crippen LogP contribution in [0.15, 0.2) is 24.3 Å². The molecule has 0 radical (unpaired) electrons. The summed E-state index contributed by atoms with van der Waals surface area (Å²) in [4.78, 5) is 13.2. The second kappa shape index (κ2) is 9.58. The minimum Gasteiger partial charge on any atom is -0.426 e. The van der Waals surface area contributed by atoms with E-state index in [4.69, 9.17) is 4.74 Å². The van der Waals surface area contributed by atoms with Gasteiger partial charge in [-0.3, -0.25) is 4.79 Å². The van der Waals surface area contributed by atoms with Gasteiger partial charge in [-0.1, -0.05) is 64.5 Å². The lowest BCUT2D eigenvalue weighted by Gasteiger charge is -2.36. The van der Waals surface area contributed by atoms with Crippen LogP contribution in [0.5, 0.6) is 5.75 Å². The summed E-state index contributed by atoms with van der Waals surface area (Å²) in [6.07, 6.45) is 13.8. The fraction of sp³-hybridized carbons (Fsp3) is 0.708. The smallest absolute Gasteiger partial charge is 0.314 e. The average molecular weight is 357 g/mol. The maximum atomic E-state index is 13.2. The normalized spacial score (nSPS) is 20.9. The maximum Gasteiger partial charge on any atom is 0.314 e. The molecule has 144 valence electrons. The van der Waals surface area contributed by atoms with Crippen LogP contribution in [0.4, 0.5) is 0 Å². The Morgan fingerprint density at radius 2 is 1.42 bits per heavy atom. The van der Waals surface area contributed by atoms with Crippen molar-refractivity contribution in [2.24, 2.45) is 17.8 Å². The van der Waals surface area contributed by atoms with Crippen LogP contribution in [0.25, 0.3) is 0 Å². The second-order valence-electron chi connectivity index (χ2n) is 8.62. The third-order valence-corrected chi connectivity index (χ3v) is 6.87. The summed E-state index contributed by atoms with van der Waals surface area (Å²) in [6, 6.07) is 8.20. The zero-order chi connectivity index (χ0) is 18.4. The molecule has 3 rings (SSSR count). The van der Waals surface area contributed by atoms with Crippen LogP contribution in [-0.2, 0) is 4.79 Å². The van der Waals surface area contributed by atoms with E-state index in [2.05, 4.69) is 26.0 Å². The van der Waals surface area contributed by atoms with Gasteiger partial charge in [-0.25, -0.2) is 0 Å². The number of carbonyl (C=O) groups is 1. The topological polar surface area (TPSA) is 26.3 Å². The summed E-state index contributed by atoms with van der Waals surface area (Å²) in [6.45, 7) is 4.45. The quantitative estimate of drug-likeness (QED) is 0.410. The number of rotatable bonds is 6. The third kappa shape index (κ3) is 4.90. The van der Waals surface area contributed by atoms with Gasteiger partial charge in [-0.2, -0.15) is 0 Å². The number of hydrogen-bond donors (Lipinski definition) is 0. The predicted molar refractivity (Wildman–Crippen MR) is 107 cm³/mol. The van der Waals surface area contributed by atoms with Crippen molar-refractivity contribution >= 4 is 5.97 Å². The molecule has 0 spiro atoms. The predicted octanol–water partition coefficient (Wildman–Crippen LogP) is 6.88. The maximum absolute atomic E-state index is 13.2. The Morgan fingerprint density at radius 1 is 0.923 bits per heavy atom. The molecule has 0 heterocycles. The first kappa shape index (κ1) is 19.5. The molecule has 0 amide bonds. The summed E-state index contributed by atoms with van der Waals surface area (Å²) in [7, 11) is 0. The molecule has 0 bridgehead atoms. The van der Waals surface area contributed by atoms with E-state index >= 15 is 0 Å². The Hall–Kier alpha value is -1.31. The fourth-order valence-electron chi connectivity index (χ4n) is 5.04. The highest BCUT2D eigenvalue weighted by atomic mass is 16.5. The fourth-order valence-corrected chi connectivity index (χ4v) is 5.04. The first-order valence-corrected chi connectivity index (χ1v) is 11.0. The van der Waals surface area contributed by atoms with Crippen LogP contribution in [0.2, 0.25) is 0 Å². The molecule has 2 fully saturated rings. The number of benzene rings is 1. The van der Waals surface area contributed by atoms with Crippen molar-refractivity contribution in [2.45, 2.75) is 90.4 Å². The molecule has 0 saturated heterocycles. The van der Waals surface area contributed by atoms with Gasteiger partial charge in [-0.05, 0) is 67.6 Å². The van der Waals surface area contributed by atoms with E-state index in [1.165, 1.54) is 69.8 Å². The standard InChI is InChI=1S/C24H36O2/c1-3-18(2)19-14-16-22(17-15-19)26-24(25)23(20-10-6-4-7-11-20)21-12-8-5-9-13-21/h14-18,20-21,23H,3-13H2,1-2H3. The molecule has 1 aromatic rings. The van der Waals surface area contributed by atoms with Gasteiger partial charge in [0.25, 0.3) is 0 Å². The zero-order valence-electron chi connectivity index (χ0n) is 16.7. The Morgan fingerprint density at radius 3 is 1.88 bits per heavy atom. The Bertz CT molecular complexity index is 532. The highest BCUT2D eigenvalue weighted by Crippen LogP contribution is 2.40. The van der Waals surface area contributed by atoms with Gasteiger partial charge in [0, 0.05) is 0 Å². The van der Waals surface area contributed by atoms with E-state index in [-0.39, 0.29) is 11.9 Å². The van der Waals surface area contributed by atoms with E-state index in [9.17, 15) is 4.79 Å². The molecule has 2 heteroatoms. The Balaban J connectivity index is 1.69. The molecule has 0 N–H and O–H groups in total. The summed E-state index contributed by atoms with van der Waals surface area (Å²) in [5.41, 5.74) is 1.32. The van der Waals surface area contributed by atoms with Gasteiger partial charge in [0.2, 0.25) is 0 Å². The molecule has 2 saturated carbocycles. The Kier molecular flexibility index (Phi) is 7.16. The second-order valence-corrected chi connectivity index (χ2v) is 8.62. The lowest BCUT2D eigenvalue weighted by atomic mass is 9.69. The molecule has 1 unspecified atom stereocenters. The van der Waals surface area contributed by atoms with Gasteiger partial charge in [0.15, 0.2) is 0 Å². The SMILES string of the molecule is CCC(C)c1ccc(OC(=O)C(C2CCCCC2)C2CCCCC2)cc1. The largest absolute Gasteiger partial charge is 0.426 e. The van der Waals surface area contributed by atoms with E-state index in [0.717, 1.165) is 12.2 Å². The first-order chi connectivity index (χ1) is 12.7. The highest BCUT2D eigenvalue weighted by molar-refractivity contribution is 5.76. The third-order valence-electron chi connectivity index (χ3n) is 6.87. The zero-order valence-corrected chi connectivity index (χ0v) is 16.7. The van der Waals surface area contributed by atoms with Gasteiger partial charge < -0.3 is 4.74 Å². The van der Waals surface area contributed by atoms with Gasteiger partial charge in [-0.15, -0.1) is 0 Å². The van der Waals surface area contributed by atoms with Crippen LogP contribution in [-0.4, -0.2) is 5.97 Å². The summed E-state index contributed by atoms with van der Waals surface area (Å²) in [5.74, 6) is 2.51. The summed E-state index contributed by atoms with van der Waals surface area (Å²) >= 11 is 0. The van der Waals surface area contributed by atoms with Crippen molar-refractivity contribution in [1.29, 1.82) is 0 Å². The minimum atomic E-state index is 0.0417. The Labute approximate surface area is 159 Å². The number of hydrogen-bond acceptors (Lipinski definition) is 2. The number of esters is 1. The summed E-state index contributed by atoms with van der Waals surface area (Å²) in [5, 5.41) is 0. The van der Waals surface area contributed by atoms with Crippen molar-refractivity contribution in [3.05, 3.63) is 29.8 Å². The van der Waals surface area contributed by atoms with Crippen molar-refractivity contribution in [1.82, 2.24) is 0 Å². The molecular formula is C24H36O2. The van der Waals surface area contributed by atoms with Crippen LogP contribution in [0.1, 0.15) is 96.0 Å². The van der Waals surface area contributed by atoms with E-state index < -0.39 is 0 Å². The monoisotopic (exact) mass is 356 g/mol. The molecule has 2 aliphatic carbocycles. The van der Waals surface area contributed by atoms with Crippen molar-refractivity contribution < 1.29 is 9.53 Å². The molecule has 26 heavy (non-hydrogen) atoms. The van der Waals surface area contributed by atoms with Gasteiger partial charge in [0.05, 0.1) is 5.92 Å². The molecular weight excluding hydrogens is 320 g/mol. The lowest BCUT2D eigenvalue weighted by Crippen LogP contribution is -2.36. The molecule has 1 aromatic carbocycles. The van der Waals surface area contributed by atoms with Gasteiger partial charge in [0.1, 0.15) is 5.75 Å². The van der Waals surface area contributed by atoms with Crippen LogP contribution >= 0.6 is 0 Å². The van der Waals surface area contributed by atoms with E-state index in [0.29, 0.717) is 17.8 Å². The minimum absolute atomic E-state index is 0.0417. The molecule has 0 aliphatic heterocycles. The van der Waals surface area contributed by atoms with Crippen LogP contribution in [0.3, 0.4) is 0 Å². The molecule has 1 atom stereocenters. The molecule has 0 aromatic heterocycles. The average Bonchev–Trinajstić information content (AvgIpc) is 2.70. The van der Waals surface area contributed by atoms with Gasteiger partial charge >= 0.3 is 5.97 Å². The lowest BCUT2D eigenvalue weighted by molar-refractivity contribution is -0.144. The molecule has 2 nitrogen and oxygen atoms in total. The highest BCUT2D eigenvalue weighted by Gasteiger charge is 2.37. The number of carbonyl (C=O) groups excluding carboxylic acids is 1. The van der Waals surface area contributed by atoms with E-state index in [1.54, 1.807) is 0 Å². The van der Waals surface area contributed by atoms with Crippen LogP contribution in [0, 0.1) is 17.8 Å². The molecule has 2 aliphatic rings. The van der Waals surface area contributed by atoms with Crippen molar-refractivity contribution in [3.63, 3.8) is 0 Å². The number of ether oxygens (including phenoxy) is 1. The van der Waals surface area contributed by atoms with Crippen molar-refractivity contribution in [3.8, 4) is 5.75 Å².